The van der Waals surface area contributed by atoms with E-state index in [0.717, 1.165) is 18.4 Å². The molecule has 1 unspecified atom stereocenters. The Balaban J connectivity index is 1.95. The predicted octanol–water partition coefficient (Wildman–Crippen LogP) is 4.48. The van der Waals surface area contributed by atoms with E-state index in [1.807, 2.05) is 16.8 Å². The van der Waals surface area contributed by atoms with Crippen LogP contribution < -0.4 is 0 Å². The van der Waals surface area contributed by atoms with Gasteiger partial charge in [-0.3, -0.25) is 14.5 Å². The van der Waals surface area contributed by atoms with Gasteiger partial charge in [0.15, 0.2) is 0 Å². The SMILES string of the molecule is C[C](C)CCC(c1ccsc1)N1C(=O)c2ccccc2C1=O. The fourth-order valence-electron chi connectivity index (χ4n) is 2.83. The Labute approximate surface area is 134 Å². The molecule has 0 spiro atoms. The molecule has 2 aromatic rings. The van der Waals surface area contributed by atoms with E-state index in [1.165, 1.54) is 10.8 Å². The first-order valence-electron chi connectivity index (χ1n) is 7.37. The maximum absolute atomic E-state index is 12.7. The molecule has 4 heteroatoms. The minimum atomic E-state index is -0.187. The molecule has 22 heavy (non-hydrogen) atoms. The van der Waals surface area contributed by atoms with Crippen molar-refractivity contribution in [3.8, 4) is 0 Å². The largest absolute Gasteiger partial charge is 0.269 e. The van der Waals surface area contributed by atoms with Crippen LogP contribution in [0.2, 0.25) is 0 Å². The van der Waals surface area contributed by atoms with Crippen molar-refractivity contribution < 1.29 is 9.59 Å². The average molecular weight is 312 g/mol. The van der Waals surface area contributed by atoms with Gasteiger partial charge in [0, 0.05) is 0 Å². The van der Waals surface area contributed by atoms with Crippen LogP contribution in [0.15, 0.2) is 41.1 Å². The second kappa shape index (κ2) is 6.05. The van der Waals surface area contributed by atoms with Crippen molar-refractivity contribution in [2.75, 3.05) is 0 Å². The van der Waals surface area contributed by atoms with Crippen LogP contribution in [-0.2, 0) is 0 Å². The van der Waals surface area contributed by atoms with E-state index in [0.29, 0.717) is 11.1 Å². The van der Waals surface area contributed by atoms with Gasteiger partial charge in [-0.15, -0.1) is 0 Å². The van der Waals surface area contributed by atoms with E-state index in [-0.39, 0.29) is 17.9 Å². The number of thiophene rings is 1. The molecule has 1 aliphatic rings. The molecule has 2 amide bonds. The first-order chi connectivity index (χ1) is 10.6. The van der Waals surface area contributed by atoms with Gasteiger partial charge >= 0.3 is 0 Å². The Hall–Kier alpha value is -1.94. The normalized spacial score (nSPS) is 15.5. The molecule has 1 radical (unpaired) electrons. The number of amides is 2. The van der Waals surface area contributed by atoms with Crippen LogP contribution in [0.5, 0.6) is 0 Å². The molecule has 1 aromatic carbocycles. The zero-order valence-electron chi connectivity index (χ0n) is 12.7. The van der Waals surface area contributed by atoms with Gasteiger partial charge in [0.2, 0.25) is 0 Å². The van der Waals surface area contributed by atoms with E-state index < -0.39 is 0 Å². The first-order valence-corrected chi connectivity index (χ1v) is 8.32. The van der Waals surface area contributed by atoms with Gasteiger partial charge in [-0.05, 0) is 53.3 Å². The second-order valence-electron chi connectivity index (χ2n) is 5.84. The number of hydrogen-bond donors (Lipinski definition) is 0. The van der Waals surface area contributed by atoms with Gasteiger partial charge in [-0.25, -0.2) is 0 Å². The highest BCUT2D eigenvalue weighted by Gasteiger charge is 2.40. The maximum Gasteiger partial charge on any atom is 0.262 e. The zero-order valence-corrected chi connectivity index (χ0v) is 13.5. The summed E-state index contributed by atoms with van der Waals surface area (Å²) < 4.78 is 0. The molecule has 113 valence electrons. The molecule has 0 N–H and O–H groups in total. The van der Waals surface area contributed by atoms with Crippen LogP contribution in [0.3, 0.4) is 0 Å². The molecule has 3 rings (SSSR count). The summed E-state index contributed by atoms with van der Waals surface area (Å²) in [6.07, 6.45) is 1.67. The predicted molar refractivity (Wildman–Crippen MR) is 87.8 cm³/mol. The summed E-state index contributed by atoms with van der Waals surface area (Å²) in [5, 5.41) is 4.02. The van der Waals surface area contributed by atoms with Crippen molar-refractivity contribution in [2.45, 2.75) is 32.7 Å². The third-order valence-corrected chi connectivity index (χ3v) is 4.68. The number of carbonyl (C=O) groups is 2. The second-order valence-corrected chi connectivity index (χ2v) is 6.62. The molecule has 2 heterocycles. The monoisotopic (exact) mass is 312 g/mol. The molecular formula is C18H18NO2S. The van der Waals surface area contributed by atoms with Crippen molar-refractivity contribution in [3.05, 3.63) is 63.7 Å². The van der Waals surface area contributed by atoms with E-state index >= 15 is 0 Å². The average Bonchev–Trinajstić information content (AvgIpc) is 3.11. The van der Waals surface area contributed by atoms with Gasteiger partial charge in [0.1, 0.15) is 0 Å². The maximum atomic E-state index is 12.7. The van der Waals surface area contributed by atoms with Crippen LogP contribution >= 0.6 is 11.3 Å². The number of imide groups is 1. The molecule has 0 fully saturated rings. The van der Waals surface area contributed by atoms with Crippen molar-refractivity contribution in [3.63, 3.8) is 0 Å². The summed E-state index contributed by atoms with van der Waals surface area (Å²) in [6, 6.07) is 8.89. The molecule has 0 bridgehead atoms. The van der Waals surface area contributed by atoms with Gasteiger partial charge in [-0.1, -0.05) is 26.0 Å². The molecule has 1 atom stereocenters. The lowest BCUT2D eigenvalue weighted by molar-refractivity contribution is 0.0573. The van der Waals surface area contributed by atoms with Crippen molar-refractivity contribution in [2.24, 2.45) is 0 Å². The van der Waals surface area contributed by atoms with Crippen LogP contribution in [-0.4, -0.2) is 16.7 Å². The van der Waals surface area contributed by atoms with Crippen molar-refractivity contribution in [1.29, 1.82) is 0 Å². The van der Waals surface area contributed by atoms with Crippen molar-refractivity contribution in [1.82, 2.24) is 4.90 Å². The smallest absolute Gasteiger partial charge is 0.262 e. The van der Waals surface area contributed by atoms with Gasteiger partial charge in [0.05, 0.1) is 17.2 Å². The van der Waals surface area contributed by atoms with E-state index in [4.69, 9.17) is 0 Å². The van der Waals surface area contributed by atoms with Crippen LogP contribution in [0.25, 0.3) is 0 Å². The number of nitrogens with zero attached hydrogens (tertiary/aromatic N) is 1. The molecule has 1 aliphatic heterocycles. The highest BCUT2D eigenvalue weighted by Crippen LogP contribution is 2.35. The highest BCUT2D eigenvalue weighted by molar-refractivity contribution is 7.08. The number of carbonyl (C=O) groups excluding carboxylic acids is 2. The Kier molecular flexibility index (Phi) is 4.12. The molecule has 0 saturated carbocycles. The lowest BCUT2D eigenvalue weighted by atomic mass is 9.98. The standard InChI is InChI=1S/C18H18NO2S/c1-12(2)7-8-16(13-9-10-22-11-13)19-17(20)14-5-3-4-6-15(14)18(19)21/h3-6,9-11,16H,7-8H2,1-2H3. The molecule has 0 saturated heterocycles. The quantitative estimate of drug-likeness (QED) is 0.763. The topological polar surface area (TPSA) is 37.4 Å². The summed E-state index contributed by atoms with van der Waals surface area (Å²) in [5.74, 6) is 0.952. The Morgan fingerprint density at radius 2 is 1.73 bits per heavy atom. The van der Waals surface area contributed by atoms with E-state index in [2.05, 4.69) is 13.8 Å². The third-order valence-electron chi connectivity index (χ3n) is 3.98. The van der Waals surface area contributed by atoms with Gasteiger partial charge < -0.3 is 0 Å². The minimum absolute atomic E-state index is 0.175. The Morgan fingerprint density at radius 1 is 1.09 bits per heavy atom. The summed E-state index contributed by atoms with van der Waals surface area (Å²) >= 11 is 1.59. The fraction of sp³-hybridized carbons (Fsp3) is 0.278. The molecule has 0 aliphatic carbocycles. The molecular weight excluding hydrogens is 294 g/mol. The lowest BCUT2D eigenvalue weighted by Crippen LogP contribution is -2.34. The van der Waals surface area contributed by atoms with Gasteiger partial charge in [-0.2, -0.15) is 11.3 Å². The number of rotatable bonds is 5. The van der Waals surface area contributed by atoms with Gasteiger partial charge in [0.25, 0.3) is 11.8 Å². The first kappa shape index (κ1) is 15.0. The number of fused-ring (bicyclic) bond motifs is 1. The van der Waals surface area contributed by atoms with Crippen molar-refractivity contribution >= 4 is 23.2 Å². The minimum Gasteiger partial charge on any atom is -0.269 e. The molecule has 3 nitrogen and oxygen atoms in total. The van der Waals surface area contributed by atoms with Crippen LogP contribution in [0.1, 0.15) is 59.0 Å². The van der Waals surface area contributed by atoms with E-state index in [9.17, 15) is 9.59 Å². The van der Waals surface area contributed by atoms with Crippen LogP contribution in [0, 0.1) is 5.92 Å². The highest BCUT2D eigenvalue weighted by atomic mass is 32.1. The summed E-state index contributed by atoms with van der Waals surface area (Å²) in [6.45, 7) is 4.15. The Bertz CT molecular complexity index is 656. The van der Waals surface area contributed by atoms with Crippen LogP contribution in [0.4, 0.5) is 0 Å². The molecule has 1 aromatic heterocycles. The fourth-order valence-corrected chi connectivity index (χ4v) is 3.53. The number of hydrogen-bond acceptors (Lipinski definition) is 3. The summed E-state index contributed by atoms with van der Waals surface area (Å²) in [4.78, 5) is 26.8. The third kappa shape index (κ3) is 2.59. The number of benzene rings is 1. The van der Waals surface area contributed by atoms with E-state index in [1.54, 1.807) is 35.6 Å². The Morgan fingerprint density at radius 3 is 2.23 bits per heavy atom. The zero-order chi connectivity index (χ0) is 15.7. The lowest BCUT2D eigenvalue weighted by Gasteiger charge is -2.26. The summed E-state index contributed by atoms with van der Waals surface area (Å²) in [5.41, 5.74) is 2.08. The summed E-state index contributed by atoms with van der Waals surface area (Å²) in [7, 11) is 0.